The van der Waals surface area contributed by atoms with Crippen molar-refractivity contribution >= 4 is 33.3 Å². The van der Waals surface area contributed by atoms with Crippen molar-refractivity contribution in [1.82, 2.24) is 0 Å². The maximum Gasteiger partial charge on any atom is 0.131 e. The van der Waals surface area contributed by atoms with Gasteiger partial charge in [0.2, 0.25) is 0 Å². The Kier molecular flexibility index (Phi) is 4.31. The van der Waals surface area contributed by atoms with Crippen LogP contribution in [0.2, 0.25) is 5.02 Å². The fourth-order valence-electron chi connectivity index (χ4n) is 1.30. The van der Waals surface area contributed by atoms with Crippen molar-refractivity contribution in [2.75, 3.05) is 0 Å². The van der Waals surface area contributed by atoms with Gasteiger partial charge < -0.3 is 0 Å². The lowest BCUT2D eigenvalue weighted by molar-refractivity contribution is -0.117. The summed E-state index contributed by atoms with van der Waals surface area (Å²) < 4.78 is 0.741. The zero-order valence-corrected chi connectivity index (χ0v) is 10.5. The second kappa shape index (κ2) is 5.29. The van der Waals surface area contributed by atoms with Crippen LogP contribution in [-0.2, 0) is 4.79 Å². The van der Waals surface area contributed by atoms with Crippen molar-refractivity contribution < 1.29 is 4.79 Å². The first kappa shape index (κ1) is 12.2. The van der Waals surface area contributed by atoms with E-state index in [1.165, 1.54) is 6.92 Å². The van der Waals surface area contributed by atoms with Gasteiger partial charge in [-0.2, -0.15) is 5.26 Å². The molecule has 0 saturated heterocycles. The summed E-state index contributed by atoms with van der Waals surface area (Å²) >= 11 is 9.32. The first-order chi connectivity index (χ1) is 7.06. The van der Waals surface area contributed by atoms with Crippen molar-refractivity contribution in [3.63, 3.8) is 0 Å². The molecule has 15 heavy (non-hydrogen) atoms. The normalized spacial score (nSPS) is 11.9. The van der Waals surface area contributed by atoms with Gasteiger partial charge in [0.25, 0.3) is 0 Å². The van der Waals surface area contributed by atoms with E-state index in [9.17, 15) is 4.79 Å². The third-order valence-corrected chi connectivity index (χ3v) is 3.32. The topological polar surface area (TPSA) is 40.9 Å². The van der Waals surface area contributed by atoms with E-state index in [0.29, 0.717) is 10.6 Å². The lowest BCUT2D eigenvalue weighted by atomic mass is 9.95. The SMILES string of the molecule is CC(=O)CC(C#N)c1cccc(Br)c1Cl. The van der Waals surface area contributed by atoms with E-state index in [4.69, 9.17) is 16.9 Å². The Morgan fingerprint density at radius 3 is 2.87 bits per heavy atom. The molecule has 0 amide bonds. The first-order valence-electron chi connectivity index (χ1n) is 4.39. The average molecular weight is 287 g/mol. The summed E-state index contributed by atoms with van der Waals surface area (Å²) in [5.74, 6) is -0.481. The lowest BCUT2D eigenvalue weighted by Crippen LogP contribution is -2.02. The monoisotopic (exact) mass is 285 g/mol. The van der Waals surface area contributed by atoms with E-state index in [1.807, 2.05) is 0 Å². The minimum atomic E-state index is -0.465. The van der Waals surface area contributed by atoms with Crippen LogP contribution in [0.15, 0.2) is 22.7 Å². The third-order valence-electron chi connectivity index (χ3n) is 2.00. The van der Waals surface area contributed by atoms with Crippen LogP contribution >= 0.6 is 27.5 Å². The van der Waals surface area contributed by atoms with Crippen molar-refractivity contribution in [3.05, 3.63) is 33.3 Å². The fraction of sp³-hybridized carbons (Fsp3) is 0.273. The molecule has 0 aromatic heterocycles. The van der Waals surface area contributed by atoms with Gasteiger partial charge in [0.1, 0.15) is 5.78 Å². The number of carbonyl (C=O) groups excluding carboxylic acids is 1. The van der Waals surface area contributed by atoms with Gasteiger partial charge in [-0.1, -0.05) is 23.7 Å². The summed E-state index contributed by atoms with van der Waals surface area (Å²) in [4.78, 5) is 11.0. The van der Waals surface area contributed by atoms with Gasteiger partial charge in [0, 0.05) is 10.9 Å². The molecule has 0 aliphatic heterocycles. The van der Waals surface area contributed by atoms with Crippen molar-refractivity contribution in [2.45, 2.75) is 19.3 Å². The van der Waals surface area contributed by atoms with Gasteiger partial charge >= 0.3 is 0 Å². The number of nitrogens with zero attached hydrogens (tertiary/aromatic N) is 1. The molecular formula is C11H9BrClNO. The Hall–Kier alpha value is -0.850. The molecule has 1 aromatic rings. The molecule has 78 valence electrons. The van der Waals surface area contributed by atoms with Crippen LogP contribution in [0.4, 0.5) is 0 Å². The highest BCUT2D eigenvalue weighted by Gasteiger charge is 2.17. The molecule has 1 aromatic carbocycles. The van der Waals surface area contributed by atoms with E-state index in [2.05, 4.69) is 22.0 Å². The summed E-state index contributed by atoms with van der Waals surface area (Å²) in [6, 6.07) is 7.46. The summed E-state index contributed by atoms with van der Waals surface area (Å²) in [6.07, 6.45) is 0.201. The molecule has 0 spiro atoms. The lowest BCUT2D eigenvalue weighted by Gasteiger charge is -2.10. The van der Waals surface area contributed by atoms with Gasteiger partial charge in [-0.05, 0) is 34.5 Å². The Morgan fingerprint density at radius 1 is 1.67 bits per heavy atom. The summed E-state index contributed by atoms with van der Waals surface area (Å²) in [5.41, 5.74) is 0.698. The van der Waals surface area contributed by atoms with Crippen molar-refractivity contribution in [1.29, 1.82) is 5.26 Å². The average Bonchev–Trinajstić information content (AvgIpc) is 2.19. The standard InChI is InChI=1S/C11H9BrClNO/c1-7(15)5-8(6-14)9-3-2-4-10(12)11(9)13/h2-4,8H,5H2,1H3. The Balaban J connectivity index is 3.08. The summed E-state index contributed by atoms with van der Waals surface area (Å²) in [7, 11) is 0. The zero-order chi connectivity index (χ0) is 11.4. The van der Waals surface area contributed by atoms with Crippen LogP contribution in [0.25, 0.3) is 0 Å². The largest absolute Gasteiger partial charge is 0.300 e. The summed E-state index contributed by atoms with van der Waals surface area (Å²) in [5, 5.41) is 9.47. The number of hydrogen-bond donors (Lipinski definition) is 0. The predicted octanol–water partition coefficient (Wildman–Crippen LogP) is 3.69. The molecule has 0 aliphatic rings. The minimum absolute atomic E-state index is 0.0161. The van der Waals surface area contributed by atoms with Crippen LogP contribution in [-0.4, -0.2) is 5.78 Å². The number of benzene rings is 1. The predicted molar refractivity (Wildman–Crippen MR) is 62.8 cm³/mol. The number of rotatable bonds is 3. The Morgan fingerprint density at radius 2 is 2.33 bits per heavy atom. The highest BCUT2D eigenvalue weighted by Crippen LogP contribution is 2.32. The highest BCUT2D eigenvalue weighted by molar-refractivity contribution is 9.10. The second-order valence-corrected chi connectivity index (χ2v) is 4.46. The van der Waals surface area contributed by atoms with Crippen LogP contribution in [0.5, 0.6) is 0 Å². The number of halogens is 2. The number of ketones is 1. The quantitative estimate of drug-likeness (QED) is 0.850. The second-order valence-electron chi connectivity index (χ2n) is 3.23. The molecule has 2 nitrogen and oxygen atoms in total. The summed E-state index contributed by atoms with van der Waals surface area (Å²) in [6.45, 7) is 1.47. The van der Waals surface area contributed by atoms with Crippen molar-refractivity contribution in [2.24, 2.45) is 0 Å². The van der Waals surface area contributed by atoms with Gasteiger partial charge in [-0.25, -0.2) is 0 Å². The van der Waals surface area contributed by atoms with Crippen LogP contribution in [0.3, 0.4) is 0 Å². The smallest absolute Gasteiger partial charge is 0.131 e. The van der Waals surface area contributed by atoms with E-state index in [1.54, 1.807) is 18.2 Å². The molecule has 0 N–H and O–H groups in total. The van der Waals surface area contributed by atoms with E-state index in [0.717, 1.165) is 4.47 Å². The van der Waals surface area contributed by atoms with E-state index < -0.39 is 5.92 Å². The Labute approximate surface area is 102 Å². The molecule has 0 radical (unpaired) electrons. The molecule has 4 heteroatoms. The Bertz CT molecular complexity index is 425. The van der Waals surface area contributed by atoms with Crippen LogP contribution in [0, 0.1) is 11.3 Å². The molecule has 0 fully saturated rings. The van der Waals surface area contributed by atoms with Crippen molar-refractivity contribution in [3.8, 4) is 6.07 Å². The third kappa shape index (κ3) is 3.05. The number of carbonyl (C=O) groups is 1. The van der Waals surface area contributed by atoms with Gasteiger partial charge in [-0.15, -0.1) is 0 Å². The van der Waals surface area contributed by atoms with E-state index >= 15 is 0 Å². The molecule has 0 saturated carbocycles. The van der Waals surface area contributed by atoms with Gasteiger partial charge in [0.15, 0.2) is 0 Å². The molecule has 0 bridgehead atoms. The van der Waals surface area contributed by atoms with Crippen LogP contribution in [0.1, 0.15) is 24.8 Å². The van der Waals surface area contributed by atoms with Crippen LogP contribution < -0.4 is 0 Å². The maximum absolute atomic E-state index is 11.0. The van der Waals surface area contributed by atoms with E-state index in [-0.39, 0.29) is 12.2 Å². The first-order valence-corrected chi connectivity index (χ1v) is 5.56. The zero-order valence-electron chi connectivity index (χ0n) is 8.13. The molecule has 1 unspecified atom stereocenters. The van der Waals surface area contributed by atoms with Gasteiger partial charge in [0.05, 0.1) is 17.0 Å². The number of nitriles is 1. The number of Topliss-reactive ketones (excluding diaryl/α,β-unsaturated/α-hetero) is 1. The number of hydrogen-bond acceptors (Lipinski definition) is 2. The molecule has 0 heterocycles. The maximum atomic E-state index is 11.0. The molecule has 1 rings (SSSR count). The molecule has 1 atom stereocenters. The fourth-order valence-corrected chi connectivity index (χ4v) is 1.94. The minimum Gasteiger partial charge on any atom is -0.300 e. The highest BCUT2D eigenvalue weighted by atomic mass is 79.9. The molecular weight excluding hydrogens is 277 g/mol. The molecule has 0 aliphatic carbocycles. The van der Waals surface area contributed by atoms with Gasteiger partial charge in [-0.3, -0.25) is 4.79 Å².